The van der Waals surface area contributed by atoms with Crippen LogP contribution in [0.25, 0.3) is 0 Å². The van der Waals surface area contributed by atoms with Crippen molar-refractivity contribution in [1.82, 2.24) is 14.8 Å². The van der Waals surface area contributed by atoms with E-state index in [2.05, 4.69) is 41.2 Å². The zero-order valence-electron chi connectivity index (χ0n) is 12.6. The van der Waals surface area contributed by atoms with Crippen molar-refractivity contribution in [2.75, 3.05) is 20.3 Å². The molecule has 0 aromatic carbocycles. The second-order valence-electron chi connectivity index (χ2n) is 4.41. The number of aromatic nitrogens is 1. The molecule has 1 aromatic rings. The minimum absolute atomic E-state index is 0.833. The Morgan fingerprint density at radius 3 is 2.15 bits per heavy atom. The van der Waals surface area contributed by atoms with Gasteiger partial charge in [-0.15, -0.1) is 0 Å². The molecule has 0 spiro atoms. The molecule has 20 heavy (non-hydrogen) atoms. The van der Waals surface area contributed by atoms with Crippen molar-refractivity contribution in [2.24, 2.45) is 0 Å². The van der Waals surface area contributed by atoms with E-state index in [9.17, 15) is 0 Å². The van der Waals surface area contributed by atoms with Gasteiger partial charge in [0.1, 0.15) is 0 Å². The van der Waals surface area contributed by atoms with Crippen LogP contribution >= 0.6 is 0 Å². The van der Waals surface area contributed by atoms with Crippen molar-refractivity contribution < 1.29 is 9.90 Å². The van der Waals surface area contributed by atoms with E-state index in [0.717, 1.165) is 13.6 Å². The number of nitrogens with zero attached hydrogens (tertiary/aromatic N) is 3. The minimum Gasteiger partial charge on any atom is -0.481 e. The van der Waals surface area contributed by atoms with Gasteiger partial charge in [0, 0.05) is 45.3 Å². The Morgan fingerprint density at radius 2 is 1.85 bits per heavy atom. The first-order valence-electron chi connectivity index (χ1n) is 6.73. The Bertz CT molecular complexity index is 338. The van der Waals surface area contributed by atoms with Gasteiger partial charge in [-0.2, -0.15) is 0 Å². The molecule has 1 aliphatic rings. The predicted octanol–water partition coefficient (Wildman–Crippen LogP) is 2.64. The number of aliphatic carboxylic acids is 1. The molecule has 1 N–H and O–H groups in total. The highest BCUT2D eigenvalue weighted by atomic mass is 16.4. The molecule has 0 fully saturated rings. The molecule has 2 heterocycles. The zero-order valence-corrected chi connectivity index (χ0v) is 12.6. The SMILES string of the molecule is CC(=O)O.CCCCN1C=CN(C)C1.c1ccncc1. The van der Waals surface area contributed by atoms with Crippen molar-refractivity contribution in [3.8, 4) is 0 Å². The van der Waals surface area contributed by atoms with Crippen LogP contribution in [0, 0.1) is 0 Å². The summed E-state index contributed by atoms with van der Waals surface area (Å²) in [4.78, 5) is 17.3. The van der Waals surface area contributed by atoms with E-state index in [1.165, 1.54) is 19.4 Å². The summed E-state index contributed by atoms with van der Waals surface area (Å²) in [5.74, 6) is -0.833. The smallest absolute Gasteiger partial charge is 0.300 e. The third-order valence-electron chi connectivity index (χ3n) is 2.30. The third-order valence-corrected chi connectivity index (χ3v) is 2.30. The number of hydrogen-bond acceptors (Lipinski definition) is 4. The number of carboxylic acid groups (broad SMARTS) is 1. The van der Waals surface area contributed by atoms with Crippen LogP contribution in [0.4, 0.5) is 0 Å². The molecule has 0 bridgehead atoms. The lowest BCUT2D eigenvalue weighted by molar-refractivity contribution is -0.134. The Kier molecular flexibility index (Phi) is 10.8. The summed E-state index contributed by atoms with van der Waals surface area (Å²) in [6.07, 6.45) is 10.4. The fourth-order valence-electron chi connectivity index (χ4n) is 1.41. The molecule has 0 radical (unpaired) electrons. The second kappa shape index (κ2) is 12.0. The van der Waals surface area contributed by atoms with Gasteiger partial charge in [-0.3, -0.25) is 9.78 Å². The maximum atomic E-state index is 9.00. The predicted molar refractivity (Wildman–Crippen MR) is 80.9 cm³/mol. The van der Waals surface area contributed by atoms with E-state index >= 15 is 0 Å². The van der Waals surface area contributed by atoms with Crippen LogP contribution in [0.15, 0.2) is 43.0 Å². The van der Waals surface area contributed by atoms with Crippen molar-refractivity contribution in [3.63, 3.8) is 0 Å². The van der Waals surface area contributed by atoms with Gasteiger partial charge in [0.05, 0.1) is 6.67 Å². The summed E-state index contributed by atoms with van der Waals surface area (Å²) in [5.41, 5.74) is 0. The van der Waals surface area contributed by atoms with E-state index in [4.69, 9.17) is 9.90 Å². The molecule has 5 nitrogen and oxygen atoms in total. The molecule has 0 saturated heterocycles. The quantitative estimate of drug-likeness (QED) is 0.921. The molecule has 0 aliphatic carbocycles. The summed E-state index contributed by atoms with van der Waals surface area (Å²) in [5, 5.41) is 7.42. The molecule has 0 unspecified atom stereocenters. The highest BCUT2D eigenvalue weighted by Gasteiger charge is 2.05. The normalized spacial score (nSPS) is 12.2. The first-order chi connectivity index (χ1) is 9.56. The van der Waals surface area contributed by atoms with Crippen LogP contribution < -0.4 is 0 Å². The third kappa shape index (κ3) is 12.4. The second-order valence-corrected chi connectivity index (χ2v) is 4.41. The van der Waals surface area contributed by atoms with E-state index in [0.29, 0.717) is 0 Å². The molecule has 1 aromatic heterocycles. The number of carbonyl (C=O) groups is 1. The number of hydrogen-bond donors (Lipinski definition) is 1. The Morgan fingerprint density at radius 1 is 1.25 bits per heavy atom. The van der Waals surface area contributed by atoms with Gasteiger partial charge in [-0.05, 0) is 18.6 Å². The Labute approximate surface area is 121 Å². The average molecular weight is 279 g/mol. The van der Waals surface area contributed by atoms with E-state index < -0.39 is 5.97 Å². The zero-order chi connectivity index (χ0) is 15.2. The average Bonchev–Trinajstić information content (AvgIpc) is 2.84. The highest BCUT2D eigenvalue weighted by molar-refractivity contribution is 5.62. The number of carboxylic acids is 1. The molecule has 0 atom stereocenters. The largest absolute Gasteiger partial charge is 0.481 e. The maximum Gasteiger partial charge on any atom is 0.300 e. The Hall–Kier alpha value is -2.04. The summed E-state index contributed by atoms with van der Waals surface area (Å²) >= 11 is 0. The first-order valence-corrected chi connectivity index (χ1v) is 6.73. The summed E-state index contributed by atoms with van der Waals surface area (Å²) < 4.78 is 0. The van der Waals surface area contributed by atoms with Crippen LogP contribution in [-0.2, 0) is 4.79 Å². The molecule has 2 rings (SSSR count). The van der Waals surface area contributed by atoms with Crippen molar-refractivity contribution >= 4 is 5.97 Å². The summed E-state index contributed by atoms with van der Waals surface area (Å²) in [6, 6.07) is 5.72. The van der Waals surface area contributed by atoms with Crippen LogP contribution in [0.2, 0.25) is 0 Å². The van der Waals surface area contributed by atoms with E-state index in [1.807, 2.05) is 18.2 Å². The molecule has 5 heteroatoms. The van der Waals surface area contributed by atoms with Gasteiger partial charge in [0.15, 0.2) is 0 Å². The fourth-order valence-corrected chi connectivity index (χ4v) is 1.41. The first kappa shape index (κ1) is 18.0. The minimum atomic E-state index is -0.833. The van der Waals surface area contributed by atoms with Crippen LogP contribution in [0.5, 0.6) is 0 Å². The summed E-state index contributed by atoms with van der Waals surface area (Å²) in [6.45, 7) is 5.58. The van der Waals surface area contributed by atoms with Crippen molar-refractivity contribution in [1.29, 1.82) is 0 Å². The fraction of sp³-hybridized carbons (Fsp3) is 0.467. The molecule has 1 aliphatic heterocycles. The monoisotopic (exact) mass is 279 g/mol. The van der Waals surface area contributed by atoms with Gasteiger partial charge in [-0.25, -0.2) is 0 Å². The number of pyridine rings is 1. The van der Waals surface area contributed by atoms with Gasteiger partial charge in [-0.1, -0.05) is 19.4 Å². The van der Waals surface area contributed by atoms with Crippen LogP contribution in [0.1, 0.15) is 26.7 Å². The van der Waals surface area contributed by atoms with E-state index in [1.54, 1.807) is 12.4 Å². The number of unbranched alkanes of at least 4 members (excludes halogenated alkanes) is 1. The van der Waals surface area contributed by atoms with E-state index in [-0.39, 0.29) is 0 Å². The summed E-state index contributed by atoms with van der Waals surface area (Å²) in [7, 11) is 2.10. The van der Waals surface area contributed by atoms with Gasteiger partial charge in [0.2, 0.25) is 0 Å². The standard InChI is InChI=1S/C8H16N2.C5H5N.C2H4O2/c1-3-4-5-10-7-6-9(2)8-10;1-2-4-6-5-3-1;1-2(3)4/h6-7H,3-5,8H2,1-2H3;1-5H;1H3,(H,3,4). The molecular formula is C15H25N3O2. The molecule has 112 valence electrons. The topological polar surface area (TPSA) is 56.7 Å². The lowest BCUT2D eigenvalue weighted by Crippen LogP contribution is -2.23. The van der Waals surface area contributed by atoms with Crippen molar-refractivity contribution in [3.05, 3.63) is 43.0 Å². The van der Waals surface area contributed by atoms with Gasteiger partial charge >= 0.3 is 0 Å². The molecule has 0 saturated carbocycles. The highest BCUT2D eigenvalue weighted by Crippen LogP contribution is 2.04. The molecule has 0 amide bonds. The van der Waals surface area contributed by atoms with Gasteiger partial charge < -0.3 is 14.9 Å². The number of rotatable bonds is 3. The molecular weight excluding hydrogens is 254 g/mol. The lowest BCUT2D eigenvalue weighted by Gasteiger charge is -2.17. The van der Waals surface area contributed by atoms with Gasteiger partial charge in [0.25, 0.3) is 5.97 Å². The van der Waals surface area contributed by atoms with Crippen LogP contribution in [0.3, 0.4) is 0 Å². The Balaban J connectivity index is 0.000000307. The van der Waals surface area contributed by atoms with Crippen molar-refractivity contribution in [2.45, 2.75) is 26.7 Å². The van der Waals surface area contributed by atoms with Crippen LogP contribution in [-0.4, -0.2) is 46.1 Å². The lowest BCUT2D eigenvalue weighted by atomic mass is 10.3. The maximum absolute atomic E-state index is 9.00.